The van der Waals surface area contributed by atoms with Gasteiger partial charge in [-0.2, -0.15) is 0 Å². The van der Waals surface area contributed by atoms with Gasteiger partial charge in [0.05, 0.1) is 0 Å². The van der Waals surface area contributed by atoms with Crippen LogP contribution in [0.4, 0.5) is 0 Å². The van der Waals surface area contributed by atoms with Crippen LogP contribution in [0.15, 0.2) is 152 Å². The first-order valence-electron chi connectivity index (χ1n) is 12.3. The van der Waals surface area contributed by atoms with E-state index in [1.54, 1.807) is 0 Å². The lowest BCUT2D eigenvalue weighted by molar-refractivity contribution is -2.00. The van der Waals surface area contributed by atoms with Gasteiger partial charge in [-0.05, 0) is 71.6 Å². The number of hydrogen-bond donors (Lipinski definition) is 0. The van der Waals surface area contributed by atoms with Crippen molar-refractivity contribution in [2.75, 3.05) is 0 Å². The van der Waals surface area contributed by atoms with Gasteiger partial charge in [0.2, 0.25) is 0 Å². The standard InChI is InChI=1S/C33H28P.ClHO4/c1-2-12-27-19-21-28(22-20-27)29-23-25-33(26-24-29)34(30-13-6-3-7-14-30,31-15-8-4-9-16-31)32-17-10-5-11-18-32;2-1(3,4)5/h2-11,13-26H,1,12H2;(H,2,3,4,5)/q+1;/p-1. The first-order valence-corrected chi connectivity index (χ1v) is 15.3. The van der Waals surface area contributed by atoms with Gasteiger partial charge in [0.15, 0.2) is 0 Å². The van der Waals surface area contributed by atoms with Crippen LogP contribution in [0.25, 0.3) is 11.1 Å². The number of halogens is 1. The van der Waals surface area contributed by atoms with Crippen molar-refractivity contribution in [2.45, 2.75) is 6.42 Å². The average Bonchev–Trinajstić information content (AvgIpc) is 2.95. The predicted octanol–water partition coefficient (Wildman–Crippen LogP) is 1.95. The van der Waals surface area contributed by atoms with E-state index < -0.39 is 17.5 Å². The summed E-state index contributed by atoms with van der Waals surface area (Å²) in [7, 11) is -6.99. The molecule has 0 radical (unpaired) electrons. The van der Waals surface area contributed by atoms with Crippen molar-refractivity contribution in [3.63, 3.8) is 0 Å². The van der Waals surface area contributed by atoms with Crippen LogP contribution in [0, 0.1) is 10.2 Å². The summed E-state index contributed by atoms with van der Waals surface area (Å²) in [6.07, 6.45) is 2.85. The lowest BCUT2D eigenvalue weighted by Gasteiger charge is -2.27. The second-order valence-electron chi connectivity index (χ2n) is 8.79. The highest BCUT2D eigenvalue weighted by atomic mass is 35.7. The third kappa shape index (κ3) is 7.08. The van der Waals surface area contributed by atoms with Crippen molar-refractivity contribution in [3.8, 4) is 11.1 Å². The molecule has 5 rings (SSSR count). The van der Waals surface area contributed by atoms with Gasteiger partial charge in [-0.3, -0.25) is 0 Å². The smallest absolute Gasteiger partial charge is 0.144 e. The summed E-state index contributed by atoms with van der Waals surface area (Å²) in [5.41, 5.74) is 3.76. The van der Waals surface area contributed by atoms with Gasteiger partial charge < -0.3 is 0 Å². The van der Waals surface area contributed by atoms with Crippen LogP contribution in [0.3, 0.4) is 0 Å². The van der Waals surface area contributed by atoms with E-state index in [0.29, 0.717) is 0 Å². The van der Waals surface area contributed by atoms with Crippen LogP contribution >= 0.6 is 7.26 Å². The van der Waals surface area contributed by atoms with Gasteiger partial charge in [0, 0.05) is 0 Å². The maximum Gasteiger partial charge on any atom is 0.144 e. The van der Waals surface area contributed by atoms with Gasteiger partial charge in [0.25, 0.3) is 0 Å². The average molecular weight is 555 g/mol. The van der Waals surface area contributed by atoms with Crippen molar-refractivity contribution < 1.29 is 28.9 Å². The van der Waals surface area contributed by atoms with Crippen molar-refractivity contribution >= 4 is 28.5 Å². The molecule has 0 saturated heterocycles. The Morgan fingerprint density at radius 2 is 0.795 bits per heavy atom. The molecule has 6 heteroatoms. The third-order valence-electron chi connectivity index (χ3n) is 6.35. The molecular weight excluding hydrogens is 527 g/mol. The molecule has 196 valence electrons. The minimum absolute atomic E-state index is 0.900. The molecule has 0 bridgehead atoms. The van der Waals surface area contributed by atoms with Crippen LogP contribution in [0.2, 0.25) is 0 Å². The van der Waals surface area contributed by atoms with Crippen molar-refractivity contribution in [1.29, 1.82) is 0 Å². The number of rotatable bonds is 7. The molecule has 0 aliphatic carbocycles. The van der Waals surface area contributed by atoms with Gasteiger partial charge in [-0.25, -0.2) is 18.6 Å². The summed E-state index contributed by atoms with van der Waals surface area (Å²) in [5, 5.41) is 5.47. The van der Waals surface area contributed by atoms with Gasteiger partial charge >= 0.3 is 0 Å². The van der Waals surface area contributed by atoms with Crippen LogP contribution < -0.4 is 39.9 Å². The maximum atomic E-state index is 8.49. The zero-order chi connectivity index (χ0) is 27.7. The van der Waals surface area contributed by atoms with E-state index in [1.165, 1.54) is 37.9 Å². The molecule has 39 heavy (non-hydrogen) atoms. The Balaban J connectivity index is 0.000000648. The van der Waals surface area contributed by atoms with Crippen LogP contribution in [-0.4, -0.2) is 0 Å². The van der Waals surface area contributed by atoms with E-state index in [1.807, 2.05) is 6.08 Å². The Kier molecular flexibility index (Phi) is 9.45. The van der Waals surface area contributed by atoms with Crippen molar-refractivity contribution in [2.24, 2.45) is 0 Å². The summed E-state index contributed by atoms with van der Waals surface area (Å²) in [4.78, 5) is 0. The Morgan fingerprint density at radius 1 is 0.487 bits per heavy atom. The van der Waals surface area contributed by atoms with Crippen LogP contribution in [0.5, 0.6) is 0 Å². The molecule has 0 N–H and O–H groups in total. The fourth-order valence-electron chi connectivity index (χ4n) is 4.73. The Morgan fingerprint density at radius 3 is 1.13 bits per heavy atom. The topological polar surface area (TPSA) is 92.2 Å². The molecule has 0 aliphatic heterocycles. The van der Waals surface area contributed by atoms with Crippen LogP contribution in [-0.2, 0) is 6.42 Å². The van der Waals surface area contributed by atoms with Crippen molar-refractivity contribution in [3.05, 3.63) is 158 Å². The first kappa shape index (κ1) is 28.4. The number of benzene rings is 5. The molecule has 0 aromatic heterocycles. The Labute approximate surface area is 232 Å². The Bertz CT molecular complexity index is 1350. The lowest BCUT2D eigenvalue weighted by Crippen LogP contribution is -2.68. The van der Waals surface area contributed by atoms with Crippen molar-refractivity contribution in [1.82, 2.24) is 0 Å². The molecule has 0 saturated carbocycles. The molecule has 0 aliphatic rings. The zero-order valence-corrected chi connectivity index (χ0v) is 22.9. The molecule has 0 fully saturated rings. The quantitative estimate of drug-likeness (QED) is 0.227. The van der Waals surface area contributed by atoms with E-state index in [2.05, 4.69) is 146 Å². The number of allylic oxidation sites excluding steroid dienone is 1. The minimum Gasteiger partial charge on any atom is -0.222 e. The summed E-state index contributed by atoms with van der Waals surface area (Å²) in [5.74, 6) is 0. The van der Waals surface area contributed by atoms with Gasteiger partial charge in [-0.1, -0.05) is 97.1 Å². The normalized spacial score (nSPS) is 11.3. The summed E-state index contributed by atoms with van der Waals surface area (Å²) >= 11 is 0. The molecular formula is C33H28ClO4P. The molecule has 0 spiro atoms. The Hall–Kier alpha value is -3.60. The highest BCUT2D eigenvalue weighted by molar-refractivity contribution is 8.01. The number of hydrogen-bond acceptors (Lipinski definition) is 4. The summed E-state index contributed by atoms with van der Waals surface area (Å²) in [6.45, 7) is 3.85. The molecule has 5 aromatic carbocycles. The molecule has 4 nitrogen and oxygen atoms in total. The fraction of sp³-hybridized carbons (Fsp3) is 0.0303. The molecule has 0 amide bonds. The van der Waals surface area contributed by atoms with E-state index in [0.717, 1.165) is 6.42 Å². The minimum atomic E-state index is -4.94. The highest BCUT2D eigenvalue weighted by Gasteiger charge is 2.47. The molecule has 0 heterocycles. The van der Waals surface area contributed by atoms with Crippen LogP contribution in [0.1, 0.15) is 5.56 Å². The van der Waals surface area contributed by atoms with E-state index in [4.69, 9.17) is 18.6 Å². The molecule has 0 unspecified atom stereocenters. The largest absolute Gasteiger partial charge is 0.222 e. The summed E-state index contributed by atoms with van der Waals surface area (Å²) < 4.78 is 34.0. The lowest BCUT2D eigenvalue weighted by atomic mass is 10.0. The molecule has 5 aromatic rings. The second kappa shape index (κ2) is 13.0. The van der Waals surface area contributed by atoms with Gasteiger partial charge in [0.1, 0.15) is 28.5 Å². The first-order chi connectivity index (χ1) is 18.8. The zero-order valence-electron chi connectivity index (χ0n) is 21.2. The highest BCUT2D eigenvalue weighted by Crippen LogP contribution is 2.54. The van der Waals surface area contributed by atoms with E-state index in [-0.39, 0.29) is 0 Å². The maximum absolute atomic E-state index is 8.49. The SMILES string of the molecule is C=CCc1ccc(-c2ccc([P+](c3ccccc3)(c3ccccc3)c3ccccc3)cc2)cc1.[O-][Cl+3]([O-])([O-])[O-]. The second-order valence-corrected chi connectivity index (χ2v) is 13.0. The third-order valence-corrected chi connectivity index (χ3v) is 10.6. The van der Waals surface area contributed by atoms with Gasteiger partial charge in [-0.15, -0.1) is 16.8 Å². The van der Waals surface area contributed by atoms with E-state index >= 15 is 0 Å². The summed E-state index contributed by atoms with van der Waals surface area (Å²) in [6, 6.07) is 51.1. The molecule has 0 atom stereocenters. The fourth-order valence-corrected chi connectivity index (χ4v) is 8.97. The monoisotopic (exact) mass is 554 g/mol. The predicted molar refractivity (Wildman–Crippen MR) is 151 cm³/mol. The van der Waals surface area contributed by atoms with E-state index in [9.17, 15) is 0 Å².